The quantitative estimate of drug-likeness (QED) is 0.0381. The Morgan fingerprint density at radius 1 is 0.625 bits per heavy atom. The molecular formula is C49H50O23. The predicted molar refractivity (Wildman–Crippen MR) is 247 cm³/mol. The molecule has 0 radical (unpaired) electrons. The molecule has 10 unspecified atom stereocenters. The van der Waals surface area contributed by atoms with E-state index in [9.17, 15) is 65.4 Å². The minimum Gasteiger partial charge on any atom is -0.508 e. The van der Waals surface area contributed by atoms with Crippen molar-refractivity contribution in [2.45, 2.75) is 61.2 Å². The van der Waals surface area contributed by atoms with Gasteiger partial charge in [-0.1, -0.05) is 0 Å². The lowest BCUT2D eigenvalue weighted by molar-refractivity contribution is -0.316. The van der Waals surface area contributed by atoms with E-state index in [-0.39, 0.29) is 57.2 Å². The number of aliphatic hydroxyl groups is 6. The van der Waals surface area contributed by atoms with Crippen molar-refractivity contribution in [2.24, 2.45) is 0 Å². The molecule has 1 aromatic heterocycles. The van der Waals surface area contributed by atoms with Crippen molar-refractivity contribution in [2.75, 3.05) is 41.7 Å². The highest BCUT2D eigenvalue weighted by atomic mass is 16.7. The van der Waals surface area contributed by atoms with E-state index in [0.717, 1.165) is 24.3 Å². The number of ether oxygens (including phenoxy) is 9. The van der Waals surface area contributed by atoms with Gasteiger partial charge >= 0.3 is 11.9 Å². The maximum absolute atomic E-state index is 13.8. The van der Waals surface area contributed by atoms with Crippen LogP contribution in [-0.4, -0.2) is 160 Å². The van der Waals surface area contributed by atoms with E-state index < -0.39 is 114 Å². The molecule has 0 bridgehead atoms. The Bertz CT molecular complexity index is 2840. The third kappa shape index (κ3) is 10.9. The first-order valence-electron chi connectivity index (χ1n) is 21.7. The lowest BCUT2D eigenvalue weighted by atomic mass is 9.89. The maximum atomic E-state index is 13.8. The summed E-state index contributed by atoms with van der Waals surface area (Å²) >= 11 is 0. The first-order chi connectivity index (χ1) is 34.4. The molecule has 23 nitrogen and oxygen atoms in total. The molecule has 2 saturated heterocycles. The minimum absolute atomic E-state index is 0.00214. The number of aliphatic hydroxyl groups excluding tert-OH is 6. The van der Waals surface area contributed by atoms with Crippen molar-refractivity contribution in [3.8, 4) is 63.1 Å². The zero-order valence-electron chi connectivity index (χ0n) is 38.5. The van der Waals surface area contributed by atoms with Crippen LogP contribution in [0.15, 0.2) is 82.0 Å². The molecule has 0 saturated carbocycles. The minimum atomic E-state index is -2.14. The number of phenolic OH excluding ortho intramolecular Hbond substituents is 4. The number of fused-ring (bicyclic) bond motifs is 1. The monoisotopic (exact) mass is 1010 g/mol. The van der Waals surface area contributed by atoms with Gasteiger partial charge in [0, 0.05) is 29.8 Å². The van der Waals surface area contributed by atoms with Gasteiger partial charge < -0.3 is 98.1 Å². The molecule has 3 heterocycles. The van der Waals surface area contributed by atoms with Gasteiger partial charge in [-0.15, -0.1) is 0 Å². The zero-order valence-corrected chi connectivity index (χ0v) is 38.5. The van der Waals surface area contributed by atoms with Crippen molar-refractivity contribution in [3.05, 3.63) is 99.7 Å². The van der Waals surface area contributed by atoms with Crippen LogP contribution in [0, 0.1) is 0 Å². The van der Waals surface area contributed by atoms with E-state index >= 15 is 0 Å². The number of carbonyl (C=O) groups excluding carboxylic acids is 2. The molecule has 7 rings (SSSR count). The van der Waals surface area contributed by atoms with Gasteiger partial charge in [0.15, 0.2) is 40.8 Å². The second kappa shape index (κ2) is 22.3. The Morgan fingerprint density at radius 2 is 1.17 bits per heavy atom. The fraction of sp³-hybridized carbons (Fsp3) is 0.327. The highest BCUT2D eigenvalue weighted by Gasteiger charge is 2.50. The van der Waals surface area contributed by atoms with Crippen LogP contribution < -0.4 is 29.1 Å². The number of aromatic hydroxyl groups is 4. The first-order valence-corrected chi connectivity index (χ1v) is 21.7. The third-order valence-electron chi connectivity index (χ3n) is 11.7. The summed E-state index contributed by atoms with van der Waals surface area (Å²) in [6.07, 6.45) is -14.5. The van der Waals surface area contributed by atoms with Crippen molar-refractivity contribution in [1.82, 2.24) is 0 Å². The van der Waals surface area contributed by atoms with E-state index in [0.29, 0.717) is 11.1 Å². The second-order valence-electron chi connectivity index (χ2n) is 16.2. The SMILES string of the molecule is COc1cc(C=CC(=O)Oc2cc3oc(-c4ccc(O)cc4)cc(=O)c3c(O)c2C2OC(COC3OC(CO)C(O)C(O)C3OC(=O)C=Cc3cc(OC)c(O)c(OC)c3)C(O)C(O)C2O)cc(OC)c1O. The number of rotatable bonds is 16. The Morgan fingerprint density at radius 3 is 1.71 bits per heavy atom. The second-order valence-corrected chi connectivity index (χ2v) is 16.2. The molecule has 2 fully saturated rings. The van der Waals surface area contributed by atoms with E-state index in [4.69, 9.17) is 47.0 Å². The Balaban J connectivity index is 1.20. The average Bonchev–Trinajstić information content (AvgIpc) is 3.36. The van der Waals surface area contributed by atoms with Crippen molar-refractivity contribution >= 4 is 35.1 Å². The number of esters is 2. The average molecular weight is 1010 g/mol. The molecule has 5 aromatic rings. The van der Waals surface area contributed by atoms with Crippen LogP contribution in [-0.2, 0) is 28.5 Å². The highest BCUT2D eigenvalue weighted by Crippen LogP contribution is 2.46. The van der Waals surface area contributed by atoms with Gasteiger partial charge in [-0.05, 0) is 71.8 Å². The van der Waals surface area contributed by atoms with E-state index in [1.807, 2.05) is 0 Å². The Labute approximate surface area is 407 Å². The highest BCUT2D eigenvalue weighted by molar-refractivity contribution is 5.93. The van der Waals surface area contributed by atoms with Gasteiger partial charge in [0.2, 0.25) is 11.5 Å². The number of hydrogen-bond donors (Lipinski definition) is 10. The number of methoxy groups -OCH3 is 4. The summed E-state index contributed by atoms with van der Waals surface area (Å²) in [5.41, 5.74) is -0.877. The predicted octanol–water partition coefficient (Wildman–Crippen LogP) is 1.54. The normalized spacial score (nSPS) is 24.3. The summed E-state index contributed by atoms with van der Waals surface area (Å²) in [6, 6.07) is 13.1. The molecule has 23 heteroatoms. The molecule has 0 spiro atoms. The van der Waals surface area contributed by atoms with Gasteiger partial charge in [-0.25, -0.2) is 9.59 Å². The van der Waals surface area contributed by atoms with Crippen molar-refractivity contribution < 1.29 is 108 Å². The summed E-state index contributed by atoms with van der Waals surface area (Å²) in [5, 5.41) is 108. The van der Waals surface area contributed by atoms with E-state index in [1.165, 1.54) is 89.1 Å². The number of carbonyl (C=O) groups is 2. The third-order valence-corrected chi connectivity index (χ3v) is 11.7. The molecule has 4 aromatic carbocycles. The summed E-state index contributed by atoms with van der Waals surface area (Å²) in [5.74, 6) is -4.50. The largest absolute Gasteiger partial charge is 0.508 e. The summed E-state index contributed by atoms with van der Waals surface area (Å²) in [4.78, 5) is 40.5. The molecule has 10 N–H and O–H groups in total. The van der Waals surface area contributed by atoms with E-state index in [1.54, 1.807) is 0 Å². The summed E-state index contributed by atoms with van der Waals surface area (Å²) < 4.78 is 55.3. The number of phenols is 4. The Hall–Kier alpha value is -7.45. The molecule has 0 amide bonds. The van der Waals surface area contributed by atoms with Crippen LogP contribution in [0.3, 0.4) is 0 Å². The van der Waals surface area contributed by atoms with Gasteiger partial charge in [0.1, 0.15) is 82.8 Å². The molecule has 0 aliphatic carbocycles. The van der Waals surface area contributed by atoms with E-state index in [2.05, 4.69) is 0 Å². The van der Waals surface area contributed by atoms with Crippen LogP contribution >= 0.6 is 0 Å². The molecule has 10 atom stereocenters. The number of benzene rings is 4. The van der Waals surface area contributed by atoms with Crippen LogP contribution in [0.25, 0.3) is 34.4 Å². The van der Waals surface area contributed by atoms with Crippen LogP contribution in [0.5, 0.6) is 51.7 Å². The summed E-state index contributed by atoms with van der Waals surface area (Å²) in [6.45, 7) is -1.70. The van der Waals surface area contributed by atoms with Gasteiger partial charge in [-0.2, -0.15) is 0 Å². The fourth-order valence-electron chi connectivity index (χ4n) is 7.92. The smallest absolute Gasteiger partial charge is 0.336 e. The van der Waals surface area contributed by atoms with Gasteiger partial charge in [0.25, 0.3) is 0 Å². The topological polar surface area (TPSA) is 350 Å². The molecule has 2 aliphatic heterocycles. The number of hydrogen-bond acceptors (Lipinski definition) is 23. The van der Waals surface area contributed by atoms with Crippen molar-refractivity contribution in [3.63, 3.8) is 0 Å². The lowest BCUT2D eigenvalue weighted by Crippen LogP contribution is -2.61. The Kier molecular flexibility index (Phi) is 16.2. The van der Waals surface area contributed by atoms with Gasteiger partial charge in [0.05, 0.1) is 47.2 Å². The first kappa shape index (κ1) is 52.4. The molecule has 72 heavy (non-hydrogen) atoms. The maximum Gasteiger partial charge on any atom is 0.336 e. The summed E-state index contributed by atoms with van der Waals surface area (Å²) in [7, 11) is 5.17. The molecule has 384 valence electrons. The molecular weight excluding hydrogens is 957 g/mol. The fourth-order valence-corrected chi connectivity index (χ4v) is 7.92. The standard InChI is InChI=1S/C49H50O23/c1-63-29-13-21(14-30(64-2)39(29)55)5-11-35(53)69-28-18-27-37(25(52)17-26(68-27)23-7-9-24(51)10-8-23)43(59)38(28)47-46(62)44(60)42(58)34(70-47)20-67-49-48(45(61)41(57)33(19-50)71-49)72-36(54)12-6-22-15-31(65-3)40(56)32(16-22)66-4/h5-18,33-34,41-42,44-51,55-62H,19-20H2,1-4H3. The van der Waals surface area contributed by atoms with Crippen molar-refractivity contribution in [1.29, 1.82) is 0 Å². The molecule has 2 aliphatic rings. The zero-order chi connectivity index (χ0) is 52.1. The lowest BCUT2D eigenvalue weighted by Gasteiger charge is -2.43. The van der Waals surface area contributed by atoms with Crippen LogP contribution in [0.1, 0.15) is 22.8 Å². The van der Waals surface area contributed by atoms with Crippen LogP contribution in [0.2, 0.25) is 0 Å². The van der Waals surface area contributed by atoms with Crippen LogP contribution in [0.4, 0.5) is 0 Å². The van der Waals surface area contributed by atoms with Gasteiger partial charge in [-0.3, -0.25) is 4.79 Å².